The van der Waals surface area contributed by atoms with Crippen molar-refractivity contribution in [2.24, 2.45) is 0 Å². The molecule has 0 aliphatic carbocycles. The predicted octanol–water partition coefficient (Wildman–Crippen LogP) is 3.95. The van der Waals surface area contributed by atoms with E-state index in [4.69, 9.17) is 11.6 Å². The van der Waals surface area contributed by atoms with Crippen molar-refractivity contribution in [1.82, 2.24) is 20.5 Å². The number of nitrogens with zero attached hydrogens (tertiary/aromatic N) is 2. The third-order valence-corrected chi connectivity index (χ3v) is 6.08. The highest BCUT2D eigenvalue weighted by molar-refractivity contribution is 6.30. The van der Waals surface area contributed by atoms with Crippen LogP contribution in [-0.2, 0) is 20.7 Å². The minimum atomic E-state index is -4.88. The van der Waals surface area contributed by atoms with Crippen LogP contribution in [0.3, 0.4) is 0 Å². The number of urea groups is 1. The number of amides is 3. The number of carbonyl (C=O) groups excluding carboxylic acids is 3. The Bertz CT molecular complexity index is 1310. The van der Waals surface area contributed by atoms with E-state index in [2.05, 4.69) is 25.1 Å². The molecule has 200 valence electrons. The fourth-order valence-corrected chi connectivity index (χ4v) is 4.48. The molecule has 4 rings (SSSR count). The lowest BCUT2D eigenvalue weighted by molar-refractivity contribution is -0.274. The van der Waals surface area contributed by atoms with Crippen molar-refractivity contribution in [3.8, 4) is 5.75 Å². The van der Waals surface area contributed by atoms with Crippen molar-refractivity contribution in [1.29, 1.82) is 0 Å². The van der Waals surface area contributed by atoms with Gasteiger partial charge in [-0.05, 0) is 48.7 Å². The topological polar surface area (TPSA) is 110 Å². The maximum absolute atomic E-state index is 13.6. The Hall–Kier alpha value is -4.06. The number of dihydropyridines is 1. The highest BCUT2D eigenvalue weighted by atomic mass is 35.5. The Morgan fingerprint density at radius 2 is 1.97 bits per heavy atom. The Kier molecular flexibility index (Phi) is 7.91. The number of pyridine rings is 1. The largest absolute Gasteiger partial charge is 0.573 e. The number of rotatable bonds is 9. The van der Waals surface area contributed by atoms with E-state index in [9.17, 15) is 27.6 Å². The second-order valence-electron chi connectivity index (χ2n) is 8.42. The van der Waals surface area contributed by atoms with Crippen LogP contribution in [0.2, 0.25) is 5.02 Å². The number of nitrogens with one attached hydrogen (secondary N) is 2. The molecule has 38 heavy (non-hydrogen) atoms. The van der Waals surface area contributed by atoms with Crippen molar-refractivity contribution in [3.63, 3.8) is 0 Å². The summed E-state index contributed by atoms with van der Waals surface area (Å²) in [5.74, 6) is -1.01. The zero-order valence-corrected chi connectivity index (χ0v) is 20.7. The van der Waals surface area contributed by atoms with Crippen molar-refractivity contribution in [2.45, 2.75) is 32.3 Å². The summed E-state index contributed by atoms with van der Waals surface area (Å²) in [5, 5.41) is 6.24. The highest BCUT2D eigenvalue weighted by Crippen LogP contribution is 2.38. The summed E-state index contributed by atoms with van der Waals surface area (Å²) >= 11 is 5.97. The molecule has 0 saturated carbocycles. The van der Waals surface area contributed by atoms with Crippen LogP contribution in [0.1, 0.15) is 24.6 Å². The van der Waals surface area contributed by atoms with Crippen LogP contribution in [0.5, 0.6) is 5.75 Å². The first-order valence-corrected chi connectivity index (χ1v) is 11.8. The van der Waals surface area contributed by atoms with Crippen LogP contribution >= 0.6 is 11.6 Å². The number of aromatic nitrogens is 1. The number of allylic oxidation sites excluding steroid dienone is 3. The highest BCUT2D eigenvalue weighted by Gasteiger charge is 2.41. The normalized spacial score (nSPS) is 17.6. The zero-order valence-electron chi connectivity index (χ0n) is 20.0. The van der Waals surface area contributed by atoms with Crippen molar-refractivity contribution >= 4 is 35.6 Å². The van der Waals surface area contributed by atoms with Crippen molar-refractivity contribution < 1.29 is 37.0 Å². The average Bonchev–Trinajstić information content (AvgIpc) is 2.83. The van der Waals surface area contributed by atoms with Crippen LogP contribution in [0.15, 0.2) is 59.4 Å². The maximum atomic E-state index is 13.6. The molecule has 1 unspecified atom stereocenters. The van der Waals surface area contributed by atoms with Gasteiger partial charge in [0.05, 0.1) is 17.2 Å². The minimum Gasteiger partial charge on any atom is -0.468 e. The van der Waals surface area contributed by atoms with Crippen LogP contribution in [-0.4, -0.2) is 54.0 Å². The number of halogens is 4. The van der Waals surface area contributed by atoms with E-state index in [1.54, 1.807) is 25.1 Å². The fraction of sp³-hybridized carbons (Fsp3) is 0.280. The van der Waals surface area contributed by atoms with Gasteiger partial charge >= 0.3 is 12.4 Å². The third kappa shape index (κ3) is 6.08. The third-order valence-electron chi connectivity index (χ3n) is 5.85. The van der Waals surface area contributed by atoms with Crippen LogP contribution in [0, 0.1) is 0 Å². The first kappa shape index (κ1) is 27.0. The lowest BCUT2D eigenvalue weighted by Gasteiger charge is -2.39. The first-order chi connectivity index (χ1) is 18.1. The minimum absolute atomic E-state index is 0.0130. The number of benzene rings is 1. The Morgan fingerprint density at radius 1 is 1.18 bits per heavy atom. The van der Waals surface area contributed by atoms with E-state index in [0.29, 0.717) is 33.1 Å². The first-order valence-electron chi connectivity index (χ1n) is 11.4. The van der Waals surface area contributed by atoms with Crippen molar-refractivity contribution in [3.05, 3.63) is 75.7 Å². The number of hydrogen-bond donors (Lipinski definition) is 2. The molecular formula is C25H22ClF3N4O5. The molecule has 1 aromatic carbocycles. The molecule has 2 aliphatic heterocycles. The molecule has 13 heteroatoms. The van der Waals surface area contributed by atoms with E-state index in [-0.39, 0.29) is 38.0 Å². The standard InChI is InChI=1S/C25H22ClF3N4O5/c1-14-20(15-4-2-5-18(10-15)38-25(27,28)29)19(11-17-7-6-16(26)12-30-17)21-22(31-14)32-24(36)33(23(21)35)8-3-9-37-13-34/h2,4-7,10,12-13,22,31H,3,8-9,11H2,1H3,(H,32,36). The average molecular weight is 551 g/mol. The molecule has 2 aromatic rings. The van der Waals surface area contributed by atoms with E-state index >= 15 is 0 Å². The van der Waals surface area contributed by atoms with Gasteiger partial charge < -0.3 is 20.1 Å². The molecule has 0 radical (unpaired) electrons. The molecule has 1 aromatic heterocycles. The van der Waals surface area contributed by atoms with E-state index in [1.807, 2.05) is 0 Å². The van der Waals surface area contributed by atoms with E-state index in [1.165, 1.54) is 24.4 Å². The number of ether oxygens (including phenoxy) is 2. The SMILES string of the molecule is CC1=C(c2cccc(OC(F)(F)F)c2)C(Cc2ccc(Cl)cn2)=C2C(=O)N(CCCOC=O)C(=O)NC2N1. The van der Waals surface area contributed by atoms with Gasteiger partial charge in [0.25, 0.3) is 12.4 Å². The molecular weight excluding hydrogens is 529 g/mol. The molecule has 9 nitrogen and oxygen atoms in total. The summed E-state index contributed by atoms with van der Waals surface area (Å²) in [4.78, 5) is 42.1. The lowest BCUT2D eigenvalue weighted by atomic mass is 9.84. The van der Waals surface area contributed by atoms with Gasteiger partial charge in [-0.25, -0.2) is 4.79 Å². The molecule has 0 spiro atoms. The van der Waals surface area contributed by atoms with Crippen LogP contribution in [0.25, 0.3) is 5.57 Å². The van der Waals surface area contributed by atoms with Gasteiger partial charge in [-0.3, -0.25) is 19.5 Å². The number of hydrogen-bond acceptors (Lipinski definition) is 7. The molecule has 1 atom stereocenters. The Morgan fingerprint density at radius 3 is 2.66 bits per heavy atom. The predicted molar refractivity (Wildman–Crippen MR) is 129 cm³/mol. The van der Waals surface area contributed by atoms with Crippen LogP contribution < -0.4 is 15.4 Å². The molecule has 1 fully saturated rings. The number of carbonyl (C=O) groups is 3. The van der Waals surface area contributed by atoms with Gasteiger partial charge in [0.15, 0.2) is 0 Å². The molecule has 0 bridgehead atoms. The molecule has 3 heterocycles. The monoisotopic (exact) mass is 550 g/mol. The molecule has 3 amide bonds. The number of fused-ring (bicyclic) bond motifs is 1. The molecule has 1 saturated heterocycles. The van der Waals surface area contributed by atoms with Crippen molar-refractivity contribution in [2.75, 3.05) is 13.2 Å². The van der Waals surface area contributed by atoms with Gasteiger partial charge in [0, 0.05) is 36.1 Å². The van der Waals surface area contributed by atoms with E-state index in [0.717, 1.165) is 4.90 Å². The van der Waals surface area contributed by atoms with Gasteiger partial charge in [-0.15, -0.1) is 13.2 Å². The summed E-state index contributed by atoms with van der Waals surface area (Å²) in [6.07, 6.45) is -3.98. The van der Waals surface area contributed by atoms with Crippen LogP contribution in [0.4, 0.5) is 18.0 Å². The summed E-state index contributed by atoms with van der Waals surface area (Å²) in [7, 11) is 0. The quantitative estimate of drug-likeness (QED) is 0.359. The Labute approximate surface area is 220 Å². The van der Waals surface area contributed by atoms with Gasteiger partial charge in [-0.2, -0.15) is 0 Å². The molecule has 2 aliphatic rings. The lowest BCUT2D eigenvalue weighted by Crippen LogP contribution is -2.62. The van der Waals surface area contributed by atoms with Gasteiger partial charge in [0.1, 0.15) is 11.9 Å². The molecule has 2 N–H and O–H groups in total. The number of imide groups is 1. The number of alkyl halides is 3. The van der Waals surface area contributed by atoms with Gasteiger partial charge in [0.2, 0.25) is 0 Å². The Balaban J connectivity index is 1.80. The second-order valence-corrected chi connectivity index (χ2v) is 8.85. The van der Waals surface area contributed by atoms with E-state index < -0.39 is 30.2 Å². The maximum Gasteiger partial charge on any atom is 0.573 e. The summed E-state index contributed by atoms with van der Waals surface area (Å²) < 4.78 is 47.4. The summed E-state index contributed by atoms with van der Waals surface area (Å²) in [6, 6.07) is 8.08. The van der Waals surface area contributed by atoms with Gasteiger partial charge in [-0.1, -0.05) is 23.7 Å². The summed E-state index contributed by atoms with van der Waals surface area (Å²) in [5.41, 5.74) is 2.57. The second kappa shape index (κ2) is 11.1. The fourth-order valence-electron chi connectivity index (χ4n) is 4.37. The summed E-state index contributed by atoms with van der Waals surface area (Å²) in [6.45, 7) is 1.96. The zero-order chi connectivity index (χ0) is 27.4. The smallest absolute Gasteiger partial charge is 0.468 e.